The molecule has 2 nitrogen and oxygen atoms in total. The summed E-state index contributed by atoms with van der Waals surface area (Å²) in [5.41, 5.74) is 1.08. The molecular formula is C9H5Cl3O2. The first kappa shape index (κ1) is 10.1. The molecule has 2 rings (SSSR count). The van der Waals surface area contributed by atoms with Gasteiger partial charge < -0.3 is 4.74 Å². The fraction of sp³-hybridized carbons (Fsp3) is 0.222. The standard InChI is InChI=1S/C9H5Cl3O2/c10-9(11,12)7-5-3-1-2-4-6(5)8(13)14-7/h1-4,7H. The first-order chi connectivity index (χ1) is 6.50. The predicted octanol–water partition coefficient (Wildman–Crippen LogP) is 3.27. The smallest absolute Gasteiger partial charge is 0.339 e. The second-order valence-corrected chi connectivity index (χ2v) is 5.28. The van der Waals surface area contributed by atoms with Crippen LogP contribution in [0, 0.1) is 0 Å². The predicted molar refractivity (Wildman–Crippen MR) is 54.9 cm³/mol. The molecule has 1 aliphatic rings. The molecule has 1 aromatic rings. The van der Waals surface area contributed by atoms with Gasteiger partial charge in [-0.2, -0.15) is 0 Å². The second-order valence-electron chi connectivity index (χ2n) is 2.91. The number of benzene rings is 1. The summed E-state index contributed by atoms with van der Waals surface area (Å²) in [6.45, 7) is 0. The Bertz CT molecular complexity index is 384. The molecule has 0 N–H and O–H groups in total. The Morgan fingerprint density at radius 1 is 1.21 bits per heavy atom. The van der Waals surface area contributed by atoms with Gasteiger partial charge in [0.2, 0.25) is 3.79 Å². The summed E-state index contributed by atoms with van der Waals surface area (Å²) in [5, 5.41) is 0. The van der Waals surface area contributed by atoms with Gasteiger partial charge in [-0.3, -0.25) is 0 Å². The average Bonchev–Trinajstić information content (AvgIpc) is 2.44. The van der Waals surface area contributed by atoms with E-state index in [4.69, 9.17) is 39.5 Å². The van der Waals surface area contributed by atoms with Gasteiger partial charge in [0.25, 0.3) is 0 Å². The van der Waals surface area contributed by atoms with Crippen molar-refractivity contribution in [1.29, 1.82) is 0 Å². The van der Waals surface area contributed by atoms with Gasteiger partial charge in [0, 0.05) is 5.56 Å². The van der Waals surface area contributed by atoms with Crippen LogP contribution in [0.4, 0.5) is 0 Å². The lowest BCUT2D eigenvalue weighted by molar-refractivity contribution is 0.0393. The van der Waals surface area contributed by atoms with Crippen molar-refractivity contribution in [2.24, 2.45) is 0 Å². The number of alkyl halides is 3. The SMILES string of the molecule is O=C1OC(C(Cl)(Cl)Cl)c2ccccc21. The molecule has 5 heteroatoms. The number of ether oxygens (including phenoxy) is 1. The molecule has 1 atom stereocenters. The molecule has 0 saturated heterocycles. The number of hydrogen-bond donors (Lipinski definition) is 0. The minimum Gasteiger partial charge on any atom is -0.449 e. The van der Waals surface area contributed by atoms with E-state index in [9.17, 15) is 4.79 Å². The Hall–Kier alpha value is -0.440. The maximum absolute atomic E-state index is 11.3. The van der Waals surface area contributed by atoms with Crippen LogP contribution in [-0.2, 0) is 4.74 Å². The lowest BCUT2D eigenvalue weighted by atomic mass is 10.1. The highest BCUT2D eigenvalue weighted by Gasteiger charge is 2.43. The molecule has 0 amide bonds. The first-order valence-electron chi connectivity index (χ1n) is 3.87. The summed E-state index contributed by atoms with van der Waals surface area (Å²) in [6, 6.07) is 6.87. The normalized spacial score (nSPS) is 20.5. The quantitative estimate of drug-likeness (QED) is 0.522. The molecule has 74 valence electrons. The van der Waals surface area contributed by atoms with Crippen LogP contribution in [0.1, 0.15) is 22.0 Å². The summed E-state index contributed by atoms with van der Waals surface area (Å²) in [4.78, 5) is 11.3. The summed E-state index contributed by atoms with van der Waals surface area (Å²) in [7, 11) is 0. The van der Waals surface area contributed by atoms with Crippen LogP contribution in [-0.4, -0.2) is 9.76 Å². The van der Waals surface area contributed by atoms with Crippen molar-refractivity contribution in [3.05, 3.63) is 35.4 Å². The molecule has 1 aliphatic heterocycles. The van der Waals surface area contributed by atoms with Gasteiger partial charge in [-0.15, -0.1) is 0 Å². The Balaban J connectivity index is 2.50. The maximum atomic E-state index is 11.3. The number of fused-ring (bicyclic) bond motifs is 1. The van der Waals surface area contributed by atoms with Crippen molar-refractivity contribution in [3.63, 3.8) is 0 Å². The van der Waals surface area contributed by atoms with Gasteiger partial charge in [0.1, 0.15) is 0 Å². The van der Waals surface area contributed by atoms with Crippen molar-refractivity contribution in [2.45, 2.75) is 9.90 Å². The number of halogens is 3. The minimum atomic E-state index is -1.62. The lowest BCUT2D eigenvalue weighted by Crippen LogP contribution is -2.16. The zero-order chi connectivity index (χ0) is 10.3. The maximum Gasteiger partial charge on any atom is 0.339 e. The van der Waals surface area contributed by atoms with Crippen LogP contribution in [0.2, 0.25) is 0 Å². The van der Waals surface area contributed by atoms with Crippen molar-refractivity contribution in [2.75, 3.05) is 0 Å². The van der Waals surface area contributed by atoms with Crippen LogP contribution >= 0.6 is 34.8 Å². The fourth-order valence-corrected chi connectivity index (χ4v) is 1.87. The van der Waals surface area contributed by atoms with Gasteiger partial charge in [-0.05, 0) is 6.07 Å². The number of carbonyl (C=O) groups excluding carboxylic acids is 1. The third-order valence-corrected chi connectivity index (χ3v) is 2.58. The van der Waals surface area contributed by atoms with Crippen molar-refractivity contribution in [3.8, 4) is 0 Å². The summed E-state index contributed by atoms with van der Waals surface area (Å²) in [6.07, 6.45) is -0.809. The topological polar surface area (TPSA) is 26.3 Å². The van der Waals surface area contributed by atoms with E-state index >= 15 is 0 Å². The number of esters is 1. The molecule has 0 spiro atoms. The summed E-state index contributed by atoms with van der Waals surface area (Å²) >= 11 is 17.1. The van der Waals surface area contributed by atoms with Crippen LogP contribution in [0.5, 0.6) is 0 Å². The molecule has 14 heavy (non-hydrogen) atoms. The third kappa shape index (κ3) is 1.58. The first-order valence-corrected chi connectivity index (χ1v) is 5.00. The Morgan fingerprint density at radius 3 is 2.50 bits per heavy atom. The molecule has 1 unspecified atom stereocenters. The molecule has 0 radical (unpaired) electrons. The monoisotopic (exact) mass is 250 g/mol. The lowest BCUT2D eigenvalue weighted by Gasteiger charge is -2.18. The van der Waals surface area contributed by atoms with Crippen molar-refractivity contribution >= 4 is 40.8 Å². The molecule has 1 aromatic carbocycles. The Kier molecular flexibility index (Phi) is 2.38. The van der Waals surface area contributed by atoms with Crippen LogP contribution in [0.15, 0.2) is 24.3 Å². The zero-order valence-electron chi connectivity index (χ0n) is 6.84. The molecule has 0 saturated carbocycles. The largest absolute Gasteiger partial charge is 0.449 e. The molecule has 0 fully saturated rings. The Labute approximate surface area is 95.7 Å². The Morgan fingerprint density at radius 2 is 1.86 bits per heavy atom. The van der Waals surface area contributed by atoms with E-state index in [1.54, 1.807) is 24.3 Å². The highest BCUT2D eigenvalue weighted by Crippen LogP contribution is 2.46. The molecule has 0 bridgehead atoms. The van der Waals surface area contributed by atoms with Gasteiger partial charge in [0.15, 0.2) is 6.10 Å². The van der Waals surface area contributed by atoms with Crippen molar-refractivity contribution < 1.29 is 9.53 Å². The molecule has 1 heterocycles. The van der Waals surface area contributed by atoms with Gasteiger partial charge >= 0.3 is 5.97 Å². The second kappa shape index (κ2) is 3.30. The minimum absolute atomic E-state index is 0.447. The van der Waals surface area contributed by atoms with E-state index in [0.29, 0.717) is 11.1 Å². The van der Waals surface area contributed by atoms with Gasteiger partial charge in [0.05, 0.1) is 5.56 Å². The summed E-state index contributed by atoms with van der Waals surface area (Å²) in [5.74, 6) is -0.447. The van der Waals surface area contributed by atoms with Gasteiger partial charge in [-0.25, -0.2) is 4.79 Å². The molecular weight excluding hydrogens is 246 g/mol. The number of hydrogen-bond acceptors (Lipinski definition) is 2. The third-order valence-electron chi connectivity index (χ3n) is 1.99. The summed E-state index contributed by atoms with van der Waals surface area (Å²) < 4.78 is 3.34. The van der Waals surface area contributed by atoms with E-state index in [1.165, 1.54) is 0 Å². The van der Waals surface area contributed by atoms with Crippen LogP contribution in [0.25, 0.3) is 0 Å². The number of cyclic esters (lactones) is 1. The van der Waals surface area contributed by atoms with E-state index < -0.39 is 15.9 Å². The van der Waals surface area contributed by atoms with Gasteiger partial charge in [-0.1, -0.05) is 53.0 Å². The van der Waals surface area contributed by atoms with E-state index in [0.717, 1.165) is 0 Å². The van der Waals surface area contributed by atoms with E-state index in [2.05, 4.69) is 0 Å². The highest BCUT2D eigenvalue weighted by molar-refractivity contribution is 6.68. The number of carbonyl (C=O) groups is 1. The van der Waals surface area contributed by atoms with Crippen LogP contribution in [0.3, 0.4) is 0 Å². The highest BCUT2D eigenvalue weighted by atomic mass is 35.6. The average molecular weight is 251 g/mol. The number of rotatable bonds is 0. The van der Waals surface area contributed by atoms with E-state index in [1.807, 2.05) is 0 Å². The zero-order valence-corrected chi connectivity index (χ0v) is 9.10. The van der Waals surface area contributed by atoms with Crippen molar-refractivity contribution in [1.82, 2.24) is 0 Å². The molecule has 0 aliphatic carbocycles. The van der Waals surface area contributed by atoms with E-state index in [-0.39, 0.29) is 0 Å². The molecule has 0 aromatic heterocycles. The fourth-order valence-electron chi connectivity index (χ4n) is 1.39. The van der Waals surface area contributed by atoms with Crippen LogP contribution < -0.4 is 0 Å².